The molecule has 1 aliphatic rings. The Hall–Kier alpha value is -1.85. The van der Waals surface area contributed by atoms with Crippen molar-refractivity contribution in [3.63, 3.8) is 0 Å². The fraction of sp³-hybridized carbons (Fsp3) is 0.550. The first-order valence-corrected chi connectivity index (χ1v) is 8.97. The number of carbonyl (C=O) groups is 1. The topological polar surface area (TPSA) is 63.5 Å². The Morgan fingerprint density at radius 1 is 1.28 bits per heavy atom. The standard InChI is InChI=1S/C20H28N2O3/c1-14-8-17-16(11-25-18(17)9-15(14)2)10-19(23)22-12-20(13-24-3)4-6-21-7-5-20/h8-9,11,21H,4-7,10,12-13H2,1-3H3,(H,22,23). The number of nitrogens with one attached hydrogen (secondary N) is 2. The van der Waals surface area contributed by atoms with Crippen LogP contribution >= 0.6 is 0 Å². The molecule has 5 nitrogen and oxygen atoms in total. The predicted molar refractivity (Wildman–Crippen MR) is 98.8 cm³/mol. The number of hydrogen-bond acceptors (Lipinski definition) is 4. The summed E-state index contributed by atoms with van der Waals surface area (Å²) in [4.78, 5) is 12.5. The molecule has 0 unspecified atom stereocenters. The lowest BCUT2D eigenvalue weighted by molar-refractivity contribution is -0.121. The highest BCUT2D eigenvalue weighted by atomic mass is 16.5. The molecular formula is C20H28N2O3. The van der Waals surface area contributed by atoms with Crippen molar-refractivity contribution in [2.75, 3.05) is 33.4 Å². The van der Waals surface area contributed by atoms with E-state index in [-0.39, 0.29) is 11.3 Å². The van der Waals surface area contributed by atoms with Crippen LogP contribution in [0.15, 0.2) is 22.8 Å². The maximum atomic E-state index is 12.5. The number of piperidine rings is 1. The molecule has 0 spiro atoms. The summed E-state index contributed by atoms with van der Waals surface area (Å²) in [7, 11) is 1.73. The van der Waals surface area contributed by atoms with Crippen LogP contribution < -0.4 is 10.6 Å². The van der Waals surface area contributed by atoms with Crippen LogP contribution in [0.2, 0.25) is 0 Å². The fourth-order valence-electron chi connectivity index (χ4n) is 3.63. The summed E-state index contributed by atoms with van der Waals surface area (Å²) >= 11 is 0. The summed E-state index contributed by atoms with van der Waals surface area (Å²) in [5, 5.41) is 7.52. The molecule has 0 saturated carbocycles. The molecule has 0 atom stereocenters. The first kappa shape index (κ1) is 18.0. The summed E-state index contributed by atoms with van der Waals surface area (Å²) < 4.78 is 11.0. The van der Waals surface area contributed by atoms with E-state index in [1.807, 2.05) is 6.07 Å². The van der Waals surface area contributed by atoms with Gasteiger partial charge in [0, 0.05) is 30.0 Å². The molecule has 1 amide bonds. The lowest BCUT2D eigenvalue weighted by Gasteiger charge is -2.37. The summed E-state index contributed by atoms with van der Waals surface area (Å²) in [5.41, 5.74) is 4.25. The van der Waals surface area contributed by atoms with Crippen LogP contribution in [-0.2, 0) is 16.0 Å². The minimum Gasteiger partial charge on any atom is -0.464 e. The number of methoxy groups -OCH3 is 1. The van der Waals surface area contributed by atoms with Crippen molar-refractivity contribution < 1.29 is 13.9 Å². The average Bonchev–Trinajstić information content (AvgIpc) is 2.96. The van der Waals surface area contributed by atoms with Gasteiger partial charge in [-0.3, -0.25) is 4.79 Å². The number of aryl methyl sites for hydroxylation is 2. The highest BCUT2D eigenvalue weighted by Gasteiger charge is 2.32. The van der Waals surface area contributed by atoms with Crippen molar-refractivity contribution >= 4 is 16.9 Å². The quantitative estimate of drug-likeness (QED) is 0.846. The van der Waals surface area contributed by atoms with Gasteiger partial charge in [-0.1, -0.05) is 0 Å². The molecule has 1 aromatic carbocycles. The average molecular weight is 344 g/mol. The van der Waals surface area contributed by atoms with Gasteiger partial charge in [-0.15, -0.1) is 0 Å². The van der Waals surface area contributed by atoms with Crippen molar-refractivity contribution in [1.82, 2.24) is 10.6 Å². The minimum atomic E-state index is 0.0370. The van der Waals surface area contributed by atoms with Gasteiger partial charge < -0.3 is 19.8 Å². The molecule has 1 aromatic heterocycles. The van der Waals surface area contributed by atoms with Gasteiger partial charge in [0.1, 0.15) is 5.58 Å². The highest BCUT2D eigenvalue weighted by Crippen LogP contribution is 2.29. The molecular weight excluding hydrogens is 316 g/mol. The van der Waals surface area contributed by atoms with Crippen molar-refractivity contribution in [3.05, 3.63) is 35.1 Å². The monoisotopic (exact) mass is 344 g/mol. The predicted octanol–water partition coefficient (Wildman–Crippen LogP) is 2.72. The van der Waals surface area contributed by atoms with E-state index in [1.165, 1.54) is 11.1 Å². The fourth-order valence-corrected chi connectivity index (χ4v) is 3.63. The molecule has 2 heterocycles. The number of hydrogen-bond donors (Lipinski definition) is 2. The van der Waals surface area contributed by atoms with Crippen molar-refractivity contribution in [1.29, 1.82) is 0 Å². The van der Waals surface area contributed by atoms with E-state index >= 15 is 0 Å². The third-order valence-electron chi connectivity index (χ3n) is 5.40. The number of carbonyl (C=O) groups excluding carboxylic acids is 1. The molecule has 0 radical (unpaired) electrons. The number of ether oxygens (including phenoxy) is 1. The van der Waals surface area contributed by atoms with Gasteiger partial charge in [-0.25, -0.2) is 0 Å². The van der Waals surface area contributed by atoms with Gasteiger partial charge >= 0.3 is 0 Å². The van der Waals surface area contributed by atoms with Gasteiger partial charge in [0.05, 0.1) is 19.3 Å². The first-order valence-electron chi connectivity index (χ1n) is 8.97. The normalized spacial score (nSPS) is 16.9. The number of fused-ring (bicyclic) bond motifs is 1. The second-order valence-corrected chi connectivity index (χ2v) is 7.33. The van der Waals surface area contributed by atoms with E-state index in [9.17, 15) is 4.79 Å². The molecule has 2 N–H and O–H groups in total. The highest BCUT2D eigenvalue weighted by molar-refractivity contribution is 5.88. The number of rotatable bonds is 6. The second-order valence-electron chi connectivity index (χ2n) is 7.33. The molecule has 1 aliphatic heterocycles. The third-order valence-corrected chi connectivity index (χ3v) is 5.40. The number of benzene rings is 1. The van der Waals surface area contributed by atoms with Gasteiger partial charge in [0.15, 0.2) is 0 Å². The van der Waals surface area contributed by atoms with Crippen LogP contribution in [0.25, 0.3) is 11.0 Å². The second kappa shape index (κ2) is 7.58. The Labute approximate surface area is 149 Å². The van der Waals surface area contributed by atoms with E-state index in [0.29, 0.717) is 19.6 Å². The molecule has 3 rings (SSSR count). The zero-order valence-electron chi connectivity index (χ0n) is 15.4. The van der Waals surface area contributed by atoms with E-state index in [4.69, 9.17) is 9.15 Å². The summed E-state index contributed by atoms with van der Waals surface area (Å²) in [6.07, 6.45) is 4.10. The zero-order valence-corrected chi connectivity index (χ0v) is 15.4. The lowest BCUT2D eigenvalue weighted by atomic mass is 9.79. The van der Waals surface area contributed by atoms with E-state index in [2.05, 4.69) is 30.5 Å². The van der Waals surface area contributed by atoms with Gasteiger partial charge in [-0.05, 0) is 63.0 Å². The van der Waals surface area contributed by atoms with Gasteiger partial charge in [0.2, 0.25) is 5.91 Å². The lowest BCUT2D eigenvalue weighted by Crippen LogP contribution is -2.47. The summed E-state index contributed by atoms with van der Waals surface area (Å²) in [5.74, 6) is 0.0370. The molecule has 0 bridgehead atoms. The summed E-state index contributed by atoms with van der Waals surface area (Å²) in [6, 6.07) is 4.14. The first-order chi connectivity index (χ1) is 12.0. The van der Waals surface area contributed by atoms with Crippen LogP contribution in [0.3, 0.4) is 0 Å². The molecule has 25 heavy (non-hydrogen) atoms. The summed E-state index contributed by atoms with van der Waals surface area (Å²) in [6.45, 7) is 7.45. The van der Waals surface area contributed by atoms with Crippen molar-refractivity contribution in [3.8, 4) is 0 Å². The largest absolute Gasteiger partial charge is 0.464 e. The molecule has 136 valence electrons. The van der Waals surface area contributed by atoms with E-state index in [1.54, 1.807) is 13.4 Å². The minimum absolute atomic E-state index is 0.0370. The molecule has 1 saturated heterocycles. The maximum Gasteiger partial charge on any atom is 0.224 e. The van der Waals surface area contributed by atoms with Gasteiger partial charge in [0.25, 0.3) is 0 Å². The Kier molecular flexibility index (Phi) is 5.45. The molecule has 5 heteroatoms. The van der Waals surface area contributed by atoms with E-state index < -0.39 is 0 Å². The van der Waals surface area contributed by atoms with E-state index in [0.717, 1.165) is 42.5 Å². The Bertz CT molecular complexity index is 739. The van der Waals surface area contributed by atoms with Crippen molar-refractivity contribution in [2.45, 2.75) is 33.1 Å². The van der Waals surface area contributed by atoms with Crippen LogP contribution in [0.4, 0.5) is 0 Å². The molecule has 0 aliphatic carbocycles. The van der Waals surface area contributed by atoms with Crippen LogP contribution in [0, 0.1) is 19.3 Å². The molecule has 2 aromatic rings. The van der Waals surface area contributed by atoms with Crippen LogP contribution in [0.1, 0.15) is 29.5 Å². The Morgan fingerprint density at radius 3 is 2.72 bits per heavy atom. The Balaban J connectivity index is 1.65. The maximum absolute atomic E-state index is 12.5. The van der Waals surface area contributed by atoms with Crippen LogP contribution in [-0.4, -0.2) is 39.3 Å². The van der Waals surface area contributed by atoms with Gasteiger partial charge in [-0.2, -0.15) is 0 Å². The molecule has 1 fully saturated rings. The third kappa shape index (κ3) is 4.05. The SMILES string of the molecule is COCC1(CNC(=O)Cc2coc3cc(C)c(C)cc23)CCNCC1. The smallest absolute Gasteiger partial charge is 0.224 e. The number of amides is 1. The zero-order chi connectivity index (χ0) is 17.9. The van der Waals surface area contributed by atoms with Crippen LogP contribution in [0.5, 0.6) is 0 Å². The Morgan fingerprint density at radius 2 is 2.00 bits per heavy atom. The van der Waals surface area contributed by atoms with Crippen molar-refractivity contribution in [2.24, 2.45) is 5.41 Å². The number of furan rings is 1.